The number of nitrogens with zero attached hydrogens (tertiary/aromatic N) is 3. The Balaban J connectivity index is 1.43. The van der Waals surface area contributed by atoms with Crippen molar-refractivity contribution in [2.45, 2.75) is 39.8 Å². The molecule has 1 aliphatic rings. The summed E-state index contributed by atoms with van der Waals surface area (Å²) in [6, 6.07) is 20.7. The number of aromatic nitrogens is 3. The standard InChI is InChI=1S/C34H35N3O4/c1-4-40-34(38)33-27(17-11-21-41-30-18-9-13-24-12-5-6-14-25(24)30)26-15-10-16-28-31-23(2)35-36(3)29(31)22-39-20-8-7-19-37(33)32(26)28/h5-10,12-16,18H,4,11,17,19-22H2,1-3H3. The largest absolute Gasteiger partial charge is 0.493 e. The monoisotopic (exact) mass is 549 g/mol. The average Bonchev–Trinajstić information content (AvgIpc) is 3.43. The number of fused-ring (bicyclic) bond motifs is 3. The molecule has 0 saturated carbocycles. The Hall–Kier alpha value is -4.36. The molecule has 0 radical (unpaired) electrons. The van der Waals surface area contributed by atoms with Crippen LogP contribution in [0.2, 0.25) is 0 Å². The molecule has 0 spiro atoms. The average molecular weight is 550 g/mol. The first kappa shape index (κ1) is 26.8. The third kappa shape index (κ3) is 5.02. The second-order valence-electron chi connectivity index (χ2n) is 10.3. The third-order valence-corrected chi connectivity index (χ3v) is 7.75. The summed E-state index contributed by atoms with van der Waals surface area (Å²) in [6.07, 6.45) is 5.50. The van der Waals surface area contributed by atoms with Crippen LogP contribution >= 0.6 is 0 Å². The zero-order chi connectivity index (χ0) is 28.3. The molecular formula is C34H35N3O4. The van der Waals surface area contributed by atoms with E-state index in [0.717, 1.165) is 61.9 Å². The maximum absolute atomic E-state index is 13.5. The van der Waals surface area contributed by atoms with E-state index in [9.17, 15) is 4.79 Å². The predicted octanol–water partition coefficient (Wildman–Crippen LogP) is 6.78. The molecule has 0 amide bonds. The maximum atomic E-state index is 13.5. The normalized spacial score (nSPS) is 13.2. The van der Waals surface area contributed by atoms with Gasteiger partial charge >= 0.3 is 5.97 Å². The van der Waals surface area contributed by atoms with Gasteiger partial charge in [0.25, 0.3) is 0 Å². The lowest BCUT2D eigenvalue weighted by molar-refractivity contribution is 0.0513. The molecule has 5 aromatic rings. The van der Waals surface area contributed by atoms with E-state index in [2.05, 4.69) is 47.0 Å². The summed E-state index contributed by atoms with van der Waals surface area (Å²) in [5, 5.41) is 8.04. The summed E-state index contributed by atoms with van der Waals surface area (Å²) < 4.78 is 21.9. The van der Waals surface area contributed by atoms with Gasteiger partial charge in [-0.25, -0.2) is 4.79 Å². The van der Waals surface area contributed by atoms with E-state index in [0.29, 0.717) is 45.1 Å². The number of aryl methyl sites for hydroxylation is 3. The quantitative estimate of drug-likeness (QED) is 0.127. The first-order chi connectivity index (χ1) is 20.1. The fourth-order valence-electron chi connectivity index (χ4n) is 6.00. The molecule has 7 heteroatoms. The molecule has 3 aromatic carbocycles. The van der Waals surface area contributed by atoms with Gasteiger partial charge in [0.05, 0.1) is 43.3 Å². The summed E-state index contributed by atoms with van der Waals surface area (Å²) in [6.45, 7) is 6.19. The number of benzene rings is 3. The Bertz CT molecular complexity index is 1760. The van der Waals surface area contributed by atoms with Gasteiger partial charge in [-0.05, 0) is 43.7 Å². The van der Waals surface area contributed by atoms with Gasteiger partial charge in [0.15, 0.2) is 0 Å². The van der Waals surface area contributed by atoms with Gasteiger partial charge < -0.3 is 18.8 Å². The molecule has 41 heavy (non-hydrogen) atoms. The molecule has 7 nitrogen and oxygen atoms in total. The highest BCUT2D eigenvalue weighted by molar-refractivity contribution is 6.05. The van der Waals surface area contributed by atoms with Gasteiger partial charge in [-0.2, -0.15) is 5.10 Å². The molecule has 0 saturated heterocycles. The highest BCUT2D eigenvalue weighted by atomic mass is 16.5. The van der Waals surface area contributed by atoms with Gasteiger partial charge in [0.2, 0.25) is 0 Å². The number of ether oxygens (including phenoxy) is 3. The van der Waals surface area contributed by atoms with E-state index < -0.39 is 0 Å². The van der Waals surface area contributed by atoms with Crippen molar-refractivity contribution in [3.8, 4) is 16.9 Å². The van der Waals surface area contributed by atoms with Crippen molar-refractivity contribution < 1.29 is 19.0 Å². The Labute approximate surface area is 239 Å². The minimum Gasteiger partial charge on any atom is -0.493 e. The summed E-state index contributed by atoms with van der Waals surface area (Å²) in [7, 11) is 1.95. The van der Waals surface area contributed by atoms with Crippen LogP contribution in [-0.4, -0.2) is 40.1 Å². The SMILES string of the molecule is CCOC(=O)c1c(CCCOc2cccc3ccccc23)c2cccc3c2n1CC=CCOCc1c-3c(C)nn1C. The summed E-state index contributed by atoms with van der Waals surface area (Å²) in [4.78, 5) is 13.5. The number of carbonyl (C=O) groups is 1. The topological polar surface area (TPSA) is 67.5 Å². The lowest BCUT2D eigenvalue weighted by atomic mass is 9.98. The van der Waals surface area contributed by atoms with Gasteiger partial charge in [0, 0.05) is 35.5 Å². The maximum Gasteiger partial charge on any atom is 0.355 e. The number of para-hydroxylation sites is 1. The summed E-state index contributed by atoms with van der Waals surface area (Å²) >= 11 is 0. The number of rotatable bonds is 7. The first-order valence-corrected chi connectivity index (χ1v) is 14.3. The van der Waals surface area contributed by atoms with Crippen LogP contribution in [0.15, 0.2) is 72.8 Å². The molecule has 0 bridgehead atoms. The van der Waals surface area contributed by atoms with Gasteiger partial charge in [-0.15, -0.1) is 0 Å². The lowest BCUT2D eigenvalue weighted by Gasteiger charge is -2.12. The van der Waals surface area contributed by atoms with E-state index in [1.54, 1.807) is 0 Å². The molecule has 3 heterocycles. The van der Waals surface area contributed by atoms with Crippen LogP contribution in [0, 0.1) is 6.92 Å². The summed E-state index contributed by atoms with van der Waals surface area (Å²) in [5.41, 5.74) is 6.66. The van der Waals surface area contributed by atoms with Gasteiger partial charge in [-0.1, -0.05) is 66.7 Å². The fraction of sp³-hybridized carbons (Fsp3) is 0.294. The van der Waals surface area contributed by atoms with Crippen LogP contribution in [0.5, 0.6) is 5.75 Å². The van der Waals surface area contributed by atoms with Crippen LogP contribution in [-0.2, 0) is 36.1 Å². The highest BCUT2D eigenvalue weighted by Crippen LogP contribution is 2.39. The molecule has 0 N–H and O–H groups in total. The van der Waals surface area contributed by atoms with E-state index in [4.69, 9.17) is 19.3 Å². The number of hydrogen-bond acceptors (Lipinski definition) is 5. The van der Waals surface area contributed by atoms with Crippen LogP contribution in [0.25, 0.3) is 32.8 Å². The molecule has 0 atom stereocenters. The van der Waals surface area contributed by atoms with Crippen molar-refractivity contribution in [3.63, 3.8) is 0 Å². The Morgan fingerprint density at radius 3 is 2.71 bits per heavy atom. The number of carbonyl (C=O) groups excluding carboxylic acids is 1. The fourth-order valence-corrected chi connectivity index (χ4v) is 6.00. The van der Waals surface area contributed by atoms with Crippen molar-refractivity contribution in [1.82, 2.24) is 14.3 Å². The van der Waals surface area contributed by atoms with E-state index in [1.807, 2.05) is 55.9 Å². The van der Waals surface area contributed by atoms with Crippen LogP contribution < -0.4 is 4.74 Å². The minimum absolute atomic E-state index is 0.303. The van der Waals surface area contributed by atoms with Crippen molar-refractivity contribution in [2.75, 3.05) is 19.8 Å². The molecule has 210 valence electrons. The zero-order valence-corrected chi connectivity index (χ0v) is 23.9. The van der Waals surface area contributed by atoms with Crippen molar-refractivity contribution >= 4 is 27.6 Å². The number of esters is 1. The van der Waals surface area contributed by atoms with Gasteiger partial charge in [-0.3, -0.25) is 4.68 Å². The minimum atomic E-state index is -0.303. The van der Waals surface area contributed by atoms with Crippen molar-refractivity contribution in [1.29, 1.82) is 0 Å². The first-order valence-electron chi connectivity index (χ1n) is 14.3. The van der Waals surface area contributed by atoms with E-state index in [-0.39, 0.29) is 5.97 Å². The Morgan fingerprint density at radius 1 is 1.02 bits per heavy atom. The molecule has 0 fully saturated rings. The summed E-state index contributed by atoms with van der Waals surface area (Å²) in [5.74, 6) is 0.571. The van der Waals surface area contributed by atoms with Crippen molar-refractivity contribution in [2.24, 2.45) is 7.05 Å². The number of allylic oxidation sites excluding steroid dienone is 1. The van der Waals surface area contributed by atoms with Crippen molar-refractivity contribution in [3.05, 3.63) is 95.5 Å². The Morgan fingerprint density at radius 2 is 1.83 bits per heavy atom. The molecule has 0 unspecified atom stereocenters. The molecule has 1 aliphatic heterocycles. The van der Waals surface area contributed by atoms with Crippen LogP contribution in [0.4, 0.5) is 0 Å². The predicted molar refractivity (Wildman–Crippen MR) is 161 cm³/mol. The van der Waals surface area contributed by atoms with Crippen LogP contribution in [0.3, 0.4) is 0 Å². The van der Waals surface area contributed by atoms with Crippen LogP contribution in [0.1, 0.15) is 40.8 Å². The number of hydrogen-bond donors (Lipinski definition) is 0. The highest BCUT2D eigenvalue weighted by Gasteiger charge is 2.27. The molecule has 6 rings (SSSR count). The van der Waals surface area contributed by atoms with E-state index >= 15 is 0 Å². The second kappa shape index (κ2) is 11.6. The Kier molecular flexibility index (Phi) is 7.61. The zero-order valence-electron chi connectivity index (χ0n) is 23.9. The molecular weight excluding hydrogens is 514 g/mol. The second-order valence-corrected chi connectivity index (χ2v) is 10.3. The molecule has 2 aromatic heterocycles. The molecule has 0 aliphatic carbocycles. The van der Waals surface area contributed by atoms with E-state index in [1.165, 1.54) is 0 Å². The van der Waals surface area contributed by atoms with Gasteiger partial charge in [0.1, 0.15) is 11.4 Å². The third-order valence-electron chi connectivity index (χ3n) is 7.75. The smallest absolute Gasteiger partial charge is 0.355 e. The lowest BCUT2D eigenvalue weighted by Crippen LogP contribution is -2.14.